The van der Waals surface area contributed by atoms with Crippen LogP contribution in [0.1, 0.15) is 19.5 Å². The summed E-state index contributed by atoms with van der Waals surface area (Å²) in [5.74, 6) is 1.23. The van der Waals surface area contributed by atoms with E-state index in [2.05, 4.69) is 29.1 Å². The first-order chi connectivity index (χ1) is 8.74. The Morgan fingerprint density at radius 2 is 2.33 bits per heavy atom. The predicted octanol–water partition coefficient (Wildman–Crippen LogP) is 2.61. The highest BCUT2D eigenvalue weighted by atomic mass is 16.6. The Hall–Kier alpha value is -1.88. The normalized spacial score (nSPS) is 10.8. The third-order valence-corrected chi connectivity index (χ3v) is 2.23. The van der Waals surface area contributed by atoms with Crippen LogP contribution >= 0.6 is 0 Å². The van der Waals surface area contributed by atoms with Gasteiger partial charge in [-0.2, -0.15) is 4.98 Å². The van der Waals surface area contributed by atoms with Crippen molar-refractivity contribution in [2.75, 3.05) is 6.54 Å². The summed E-state index contributed by atoms with van der Waals surface area (Å²) < 4.78 is 10.6. The Morgan fingerprint density at radius 3 is 3.06 bits per heavy atom. The third-order valence-electron chi connectivity index (χ3n) is 2.23. The molecule has 2 rings (SSSR count). The Balaban J connectivity index is 1.86. The lowest BCUT2D eigenvalue weighted by Crippen LogP contribution is -2.19. The van der Waals surface area contributed by atoms with E-state index in [1.54, 1.807) is 30.8 Å². The van der Waals surface area contributed by atoms with Crippen LogP contribution in [0.5, 0.6) is 11.8 Å². The molecule has 0 radical (unpaired) electrons. The number of hydrogen-bond acceptors (Lipinski definition) is 5. The van der Waals surface area contributed by atoms with Crippen molar-refractivity contribution in [2.24, 2.45) is 5.92 Å². The molecule has 0 aromatic carbocycles. The lowest BCUT2D eigenvalue weighted by atomic mass is 10.2. The van der Waals surface area contributed by atoms with Gasteiger partial charge in [0.1, 0.15) is 6.26 Å². The SMILES string of the molecule is CC(C)CNCc1coc(Oc2cccnc2)n1. The van der Waals surface area contributed by atoms with Crippen molar-refractivity contribution >= 4 is 0 Å². The minimum atomic E-state index is 0.240. The first kappa shape index (κ1) is 12.6. The van der Waals surface area contributed by atoms with E-state index in [9.17, 15) is 0 Å². The fraction of sp³-hybridized carbons (Fsp3) is 0.385. The second-order valence-electron chi connectivity index (χ2n) is 4.42. The zero-order valence-corrected chi connectivity index (χ0v) is 10.6. The molecule has 0 unspecified atom stereocenters. The average Bonchev–Trinajstić information content (AvgIpc) is 2.78. The number of oxazole rings is 1. The Labute approximate surface area is 106 Å². The van der Waals surface area contributed by atoms with Crippen molar-refractivity contribution in [1.29, 1.82) is 0 Å². The highest BCUT2D eigenvalue weighted by molar-refractivity contribution is 5.19. The molecule has 2 heterocycles. The summed E-state index contributed by atoms with van der Waals surface area (Å²) in [7, 11) is 0. The van der Waals surface area contributed by atoms with Gasteiger partial charge in [-0.1, -0.05) is 13.8 Å². The van der Waals surface area contributed by atoms with Gasteiger partial charge in [0.05, 0.1) is 11.9 Å². The van der Waals surface area contributed by atoms with Crippen LogP contribution in [0, 0.1) is 5.92 Å². The quantitative estimate of drug-likeness (QED) is 0.850. The molecule has 5 heteroatoms. The Kier molecular flexibility index (Phi) is 4.30. The summed E-state index contributed by atoms with van der Waals surface area (Å²) >= 11 is 0. The van der Waals surface area contributed by atoms with Crippen molar-refractivity contribution in [3.8, 4) is 11.8 Å². The molecule has 0 spiro atoms. The van der Waals surface area contributed by atoms with Gasteiger partial charge in [0.2, 0.25) is 0 Å². The molecule has 0 fully saturated rings. The van der Waals surface area contributed by atoms with Gasteiger partial charge >= 0.3 is 6.08 Å². The van der Waals surface area contributed by atoms with E-state index in [0.29, 0.717) is 18.2 Å². The predicted molar refractivity (Wildman–Crippen MR) is 67.4 cm³/mol. The number of hydrogen-bond donors (Lipinski definition) is 1. The maximum Gasteiger partial charge on any atom is 0.399 e. The van der Waals surface area contributed by atoms with Crippen LogP contribution in [-0.2, 0) is 6.54 Å². The molecule has 0 atom stereocenters. The summed E-state index contributed by atoms with van der Waals surface area (Å²) in [5.41, 5.74) is 0.828. The topological polar surface area (TPSA) is 60.2 Å². The smallest absolute Gasteiger partial charge is 0.399 e. The molecule has 0 bridgehead atoms. The zero-order chi connectivity index (χ0) is 12.8. The molecule has 0 aliphatic carbocycles. The highest BCUT2D eigenvalue weighted by Crippen LogP contribution is 2.18. The van der Waals surface area contributed by atoms with Crippen LogP contribution in [0.4, 0.5) is 0 Å². The number of ether oxygens (including phenoxy) is 1. The van der Waals surface area contributed by atoms with Crippen molar-refractivity contribution in [1.82, 2.24) is 15.3 Å². The van der Waals surface area contributed by atoms with E-state index in [0.717, 1.165) is 12.2 Å². The average molecular weight is 247 g/mol. The first-order valence-corrected chi connectivity index (χ1v) is 5.97. The van der Waals surface area contributed by atoms with Gasteiger partial charge in [0, 0.05) is 12.7 Å². The minimum absolute atomic E-state index is 0.240. The number of aromatic nitrogens is 2. The molecule has 0 saturated carbocycles. The molecular weight excluding hydrogens is 230 g/mol. The summed E-state index contributed by atoms with van der Waals surface area (Å²) in [4.78, 5) is 8.17. The van der Waals surface area contributed by atoms with Crippen LogP contribution < -0.4 is 10.1 Å². The molecular formula is C13H17N3O2. The number of rotatable bonds is 6. The van der Waals surface area contributed by atoms with Gasteiger partial charge in [-0.15, -0.1) is 0 Å². The monoisotopic (exact) mass is 247 g/mol. The third kappa shape index (κ3) is 3.85. The summed E-state index contributed by atoms with van der Waals surface area (Å²) in [6.07, 6.45) is 5.13. The second-order valence-corrected chi connectivity index (χ2v) is 4.42. The maximum atomic E-state index is 5.42. The van der Waals surface area contributed by atoms with E-state index in [1.165, 1.54) is 0 Å². The number of pyridine rings is 1. The molecule has 18 heavy (non-hydrogen) atoms. The van der Waals surface area contributed by atoms with Crippen molar-refractivity contribution in [3.05, 3.63) is 36.5 Å². The van der Waals surface area contributed by atoms with Crippen LogP contribution in [0.3, 0.4) is 0 Å². The molecule has 2 aromatic heterocycles. The van der Waals surface area contributed by atoms with E-state index >= 15 is 0 Å². The van der Waals surface area contributed by atoms with Crippen molar-refractivity contribution in [2.45, 2.75) is 20.4 Å². The fourth-order valence-electron chi connectivity index (χ4n) is 1.41. The molecule has 0 aliphatic rings. The van der Waals surface area contributed by atoms with E-state index in [4.69, 9.17) is 9.15 Å². The molecule has 0 aliphatic heterocycles. The maximum absolute atomic E-state index is 5.42. The zero-order valence-electron chi connectivity index (χ0n) is 10.6. The van der Waals surface area contributed by atoms with Gasteiger partial charge in [-0.25, -0.2) is 0 Å². The van der Waals surface area contributed by atoms with E-state index in [1.807, 2.05) is 0 Å². The van der Waals surface area contributed by atoms with Crippen molar-refractivity contribution < 1.29 is 9.15 Å². The van der Waals surface area contributed by atoms with E-state index in [-0.39, 0.29) is 6.08 Å². The highest BCUT2D eigenvalue weighted by Gasteiger charge is 2.06. The van der Waals surface area contributed by atoms with Gasteiger partial charge < -0.3 is 14.5 Å². The van der Waals surface area contributed by atoms with Crippen LogP contribution in [0.2, 0.25) is 0 Å². The molecule has 1 N–H and O–H groups in total. The van der Waals surface area contributed by atoms with Crippen LogP contribution in [-0.4, -0.2) is 16.5 Å². The molecule has 0 amide bonds. The summed E-state index contributed by atoms with van der Waals surface area (Å²) in [6.45, 7) is 5.95. The minimum Gasteiger partial charge on any atom is -0.417 e. The van der Waals surface area contributed by atoms with Gasteiger partial charge in [-0.05, 0) is 24.6 Å². The van der Waals surface area contributed by atoms with E-state index < -0.39 is 0 Å². The first-order valence-electron chi connectivity index (χ1n) is 5.97. The lowest BCUT2D eigenvalue weighted by molar-refractivity contribution is 0.330. The Bertz CT molecular complexity index is 468. The molecule has 2 aromatic rings. The van der Waals surface area contributed by atoms with Crippen LogP contribution in [0.15, 0.2) is 35.2 Å². The largest absolute Gasteiger partial charge is 0.417 e. The Morgan fingerprint density at radius 1 is 1.44 bits per heavy atom. The van der Waals surface area contributed by atoms with Gasteiger partial charge in [0.15, 0.2) is 5.75 Å². The molecule has 5 nitrogen and oxygen atoms in total. The molecule has 0 saturated heterocycles. The lowest BCUT2D eigenvalue weighted by Gasteiger charge is -2.04. The van der Waals surface area contributed by atoms with Crippen molar-refractivity contribution in [3.63, 3.8) is 0 Å². The molecule has 96 valence electrons. The summed E-state index contributed by atoms with van der Waals surface area (Å²) in [5, 5.41) is 3.29. The van der Waals surface area contributed by atoms with Gasteiger partial charge in [0.25, 0.3) is 0 Å². The second kappa shape index (κ2) is 6.16. The number of nitrogens with one attached hydrogen (secondary N) is 1. The fourth-order valence-corrected chi connectivity index (χ4v) is 1.41. The number of nitrogens with zero attached hydrogens (tertiary/aromatic N) is 2. The standard InChI is InChI=1S/C13H17N3O2/c1-10(2)6-15-7-11-9-17-13(16-11)18-12-4-3-5-14-8-12/h3-5,8-10,15H,6-7H2,1-2H3. The van der Waals surface area contributed by atoms with Gasteiger partial charge in [-0.3, -0.25) is 4.98 Å². The summed E-state index contributed by atoms with van der Waals surface area (Å²) in [6, 6.07) is 3.59. The van der Waals surface area contributed by atoms with Crippen LogP contribution in [0.25, 0.3) is 0 Å².